The molecule has 0 N–H and O–H groups in total. The zero-order valence-electron chi connectivity index (χ0n) is 25.6. The van der Waals surface area contributed by atoms with E-state index < -0.39 is 118 Å². The monoisotopic (exact) mass is 760 g/mol. The van der Waals surface area contributed by atoms with Gasteiger partial charge in [0.05, 0.1) is 0 Å². The van der Waals surface area contributed by atoms with Gasteiger partial charge in [0.1, 0.15) is 0 Å². The van der Waals surface area contributed by atoms with Crippen LogP contribution < -0.4 is 0 Å². The van der Waals surface area contributed by atoms with Crippen molar-refractivity contribution in [3.8, 4) is 0 Å². The van der Waals surface area contributed by atoms with Gasteiger partial charge in [-0.1, -0.05) is 0 Å². The molecule has 0 saturated heterocycles. The number of halogens is 12. The van der Waals surface area contributed by atoms with E-state index in [1.807, 2.05) is 0 Å². The van der Waals surface area contributed by atoms with Gasteiger partial charge in [0.15, 0.2) is 8.32 Å². The lowest BCUT2D eigenvalue weighted by molar-refractivity contribution is -0.132. The third-order valence-electron chi connectivity index (χ3n) is 6.05. The summed E-state index contributed by atoms with van der Waals surface area (Å²) in [6, 6.07) is -3.45. The van der Waals surface area contributed by atoms with Crippen LogP contribution in [0.15, 0.2) is 0 Å². The minimum atomic E-state index is -4.85. The Balaban J connectivity index is 6.87. The van der Waals surface area contributed by atoms with Crippen LogP contribution in [0.1, 0.15) is 25.7 Å². The Morgan fingerprint density at radius 2 is 0.636 bits per heavy atom. The van der Waals surface area contributed by atoms with Crippen LogP contribution in [0.2, 0.25) is 56.9 Å². The number of alkyl halides is 12. The summed E-state index contributed by atoms with van der Waals surface area (Å²) in [5.74, 6) is 0. The summed E-state index contributed by atoms with van der Waals surface area (Å²) in [6.45, 7) is 5.73. The van der Waals surface area contributed by atoms with Gasteiger partial charge in [-0.25, -0.2) is 0 Å². The Morgan fingerprint density at radius 3 is 0.909 bits per heavy atom. The molecule has 0 spiro atoms. The molecule has 3 atom stereocenters. The first-order valence-electron chi connectivity index (χ1n) is 13.1. The average Bonchev–Trinajstić information content (AvgIpc) is 2.81. The molecule has 0 aromatic rings. The summed E-state index contributed by atoms with van der Waals surface area (Å²) >= 11 is 0. The maximum absolute atomic E-state index is 13.4. The third-order valence-corrected chi connectivity index (χ3v) is 26.0. The van der Waals surface area contributed by atoms with Gasteiger partial charge in [-0.05, 0) is 56.9 Å². The molecule has 266 valence electrons. The molecule has 7 nitrogen and oxygen atoms in total. The highest BCUT2D eigenvalue weighted by Crippen LogP contribution is 2.39. The van der Waals surface area contributed by atoms with Crippen LogP contribution in [-0.2, 0) is 29.7 Å². The zero-order chi connectivity index (χ0) is 35.1. The van der Waals surface area contributed by atoms with E-state index >= 15 is 0 Å². The molecule has 3 unspecified atom stereocenters. The first-order valence-corrected chi connectivity index (χ1v) is 25.4. The molecule has 0 saturated carbocycles. The number of hydrogen-bond donors (Lipinski definition) is 0. The van der Waals surface area contributed by atoms with E-state index in [-0.39, 0.29) is 0 Å². The maximum atomic E-state index is 13.4. The van der Waals surface area contributed by atoms with Crippen molar-refractivity contribution in [1.29, 1.82) is 0 Å². The molecule has 0 aliphatic rings. The third kappa shape index (κ3) is 18.9. The minimum Gasteiger partial charge on any atom is -0.436 e. The molecular formula is C20H40F12O7Si5. The highest BCUT2D eigenvalue weighted by atomic mass is 28.5. The van der Waals surface area contributed by atoms with Crippen LogP contribution in [0.4, 0.5) is 52.7 Å². The second-order valence-electron chi connectivity index (χ2n) is 11.1. The van der Waals surface area contributed by atoms with E-state index in [0.717, 1.165) is 41.0 Å². The Hall–Kier alpha value is -0.0356. The van der Waals surface area contributed by atoms with E-state index in [2.05, 4.69) is 0 Å². The van der Waals surface area contributed by atoms with Crippen LogP contribution in [-0.4, -0.2) is 89.1 Å². The summed E-state index contributed by atoms with van der Waals surface area (Å²) in [5, 5.41) is 0. The van der Waals surface area contributed by atoms with Gasteiger partial charge in [-0.2, -0.15) is 52.7 Å². The Labute approximate surface area is 254 Å². The van der Waals surface area contributed by atoms with Crippen LogP contribution in [0.25, 0.3) is 0 Å². The van der Waals surface area contributed by atoms with E-state index in [9.17, 15) is 52.7 Å². The second-order valence-corrected chi connectivity index (χ2v) is 29.0. The molecular weight excluding hydrogens is 721 g/mol. The first kappa shape index (κ1) is 44.0. The highest BCUT2D eigenvalue weighted by Gasteiger charge is 2.57. The zero-order valence-corrected chi connectivity index (χ0v) is 30.6. The summed E-state index contributed by atoms with van der Waals surface area (Å²) in [4.78, 5) is 0. The molecule has 24 heteroatoms. The van der Waals surface area contributed by atoms with Crippen molar-refractivity contribution in [2.75, 3.05) is 21.3 Å². The number of rotatable bonds is 19. The summed E-state index contributed by atoms with van der Waals surface area (Å²) < 4.78 is 198. The summed E-state index contributed by atoms with van der Waals surface area (Å²) in [7, 11) is -17.9. The second kappa shape index (κ2) is 15.9. The maximum Gasteiger partial charge on any atom is 0.669 e. The predicted molar refractivity (Wildman–Crippen MR) is 145 cm³/mol. The average molecular weight is 761 g/mol. The van der Waals surface area contributed by atoms with Gasteiger partial charge in [-0.3, -0.25) is 0 Å². The molecule has 0 bridgehead atoms. The minimum absolute atomic E-state index is 0.596. The summed E-state index contributed by atoms with van der Waals surface area (Å²) in [6.07, 6.45) is -25.1. The van der Waals surface area contributed by atoms with Crippen LogP contribution >= 0.6 is 0 Å². The van der Waals surface area contributed by atoms with Gasteiger partial charge in [0.25, 0.3) is 0 Å². The first-order chi connectivity index (χ1) is 19.3. The SMILES string of the molecule is CO[Si](OC)(OC)O[Si](C)(CCC(F)(F)F)O[Si](C)(CCC(F)(F)F)O[Si](C)(CCC(F)(F)F)O[Si](C)(C)CCC(F)(F)F. The molecule has 0 aromatic carbocycles. The van der Waals surface area contributed by atoms with E-state index in [4.69, 9.17) is 29.7 Å². The van der Waals surface area contributed by atoms with Gasteiger partial charge in [-0.15, -0.1) is 0 Å². The lowest BCUT2D eigenvalue weighted by atomic mass is 10.5. The molecule has 0 radical (unpaired) electrons. The number of hydrogen-bond acceptors (Lipinski definition) is 7. The molecule has 0 aliphatic heterocycles. The molecule has 0 fully saturated rings. The highest BCUT2D eigenvalue weighted by molar-refractivity contribution is 6.90. The van der Waals surface area contributed by atoms with Crippen molar-refractivity contribution in [2.24, 2.45) is 0 Å². The molecule has 0 amide bonds. The lowest BCUT2D eigenvalue weighted by Crippen LogP contribution is -2.63. The topological polar surface area (TPSA) is 64.6 Å². The van der Waals surface area contributed by atoms with Gasteiger partial charge in [0.2, 0.25) is 0 Å². The van der Waals surface area contributed by atoms with Crippen LogP contribution in [0, 0.1) is 0 Å². The van der Waals surface area contributed by atoms with Crippen LogP contribution in [0.5, 0.6) is 0 Å². The Morgan fingerprint density at radius 1 is 0.386 bits per heavy atom. The smallest absolute Gasteiger partial charge is 0.436 e. The largest absolute Gasteiger partial charge is 0.669 e. The van der Waals surface area contributed by atoms with Crippen LogP contribution in [0.3, 0.4) is 0 Å². The van der Waals surface area contributed by atoms with Crippen molar-refractivity contribution in [3.05, 3.63) is 0 Å². The van der Waals surface area contributed by atoms with E-state index in [1.54, 1.807) is 0 Å². The molecule has 0 rings (SSSR count). The van der Waals surface area contributed by atoms with Crippen molar-refractivity contribution in [2.45, 2.75) is 107 Å². The van der Waals surface area contributed by atoms with Crippen molar-refractivity contribution >= 4 is 43.0 Å². The van der Waals surface area contributed by atoms with E-state index in [0.29, 0.717) is 0 Å². The molecule has 44 heavy (non-hydrogen) atoms. The van der Waals surface area contributed by atoms with Crippen molar-refractivity contribution < 1.29 is 82.4 Å². The Kier molecular flexibility index (Phi) is 15.9. The Bertz CT molecular complexity index is 866. The summed E-state index contributed by atoms with van der Waals surface area (Å²) in [5.41, 5.74) is 0. The fourth-order valence-electron chi connectivity index (χ4n) is 4.11. The van der Waals surface area contributed by atoms with Gasteiger partial charge < -0.3 is 29.7 Å². The van der Waals surface area contributed by atoms with Gasteiger partial charge in [0, 0.05) is 47.0 Å². The molecule has 0 aromatic heterocycles. The quantitative estimate of drug-likeness (QED) is 0.0965. The van der Waals surface area contributed by atoms with E-state index in [1.165, 1.54) is 13.1 Å². The van der Waals surface area contributed by atoms with Gasteiger partial charge >= 0.3 is 59.4 Å². The van der Waals surface area contributed by atoms with Crippen molar-refractivity contribution in [1.82, 2.24) is 0 Å². The molecule has 0 heterocycles. The fraction of sp³-hybridized carbons (Fsp3) is 1.00. The predicted octanol–water partition coefficient (Wildman–Crippen LogP) is 8.66. The lowest BCUT2D eigenvalue weighted by Gasteiger charge is -2.45. The standard InChI is InChI=1S/C20H40F12O7Si5/c1-33-44(34-2,35-3)39-43(8,16-12-20(30,31)32)38-42(7,15-11-19(27,28)29)37-41(6,14-10-18(24,25)26)36-40(4,5)13-9-17(21,22)23/h9-16H2,1-8H3. The normalized spacial score (nSPS) is 18.5. The fourth-order valence-corrected chi connectivity index (χ4v) is 27.3. The van der Waals surface area contributed by atoms with Crippen molar-refractivity contribution in [3.63, 3.8) is 0 Å². The molecule has 0 aliphatic carbocycles.